The lowest BCUT2D eigenvalue weighted by atomic mass is 10.1. The molecular formula is C22H18FN3O3S. The van der Waals surface area contributed by atoms with Crippen LogP contribution in [0.3, 0.4) is 0 Å². The van der Waals surface area contributed by atoms with Crippen LogP contribution < -0.4 is 20.4 Å². The van der Waals surface area contributed by atoms with Crippen LogP contribution in [-0.4, -0.2) is 21.2 Å². The van der Waals surface area contributed by atoms with Crippen molar-refractivity contribution in [2.24, 2.45) is 0 Å². The van der Waals surface area contributed by atoms with Crippen molar-refractivity contribution in [1.29, 1.82) is 0 Å². The Labute approximate surface area is 174 Å². The lowest BCUT2D eigenvalue weighted by Crippen LogP contribution is -2.28. The number of rotatable bonds is 6. The first-order valence-electron chi connectivity index (χ1n) is 9.46. The Hall–Kier alpha value is -3.39. The van der Waals surface area contributed by atoms with Gasteiger partial charge in [0.2, 0.25) is 4.96 Å². The first kappa shape index (κ1) is 19.9. The summed E-state index contributed by atoms with van der Waals surface area (Å²) in [5.41, 5.74) is 0.387. The quantitative estimate of drug-likeness (QED) is 0.477. The van der Waals surface area contributed by atoms with Crippen molar-refractivity contribution in [2.45, 2.75) is 19.8 Å². The molecule has 152 valence electrons. The van der Waals surface area contributed by atoms with Gasteiger partial charge in [-0.15, -0.1) is 0 Å². The van der Waals surface area contributed by atoms with Crippen molar-refractivity contribution in [1.82, 2.24) is 14.6 Å². The molecule has 8 heteroatoms. The zero-order valence-corrected chi connectivity index (χ0v) is 17.0. The Morgan fingerprint density at radius 1 is 1.13 bits per heavy atom. The third-order valence-corrected chi connectivity index (χ3v) is 5.37. The highest BCUT2D eigenvalue weighted by molar-refractivity contribution is 7.15. The van der Waals surface area contributed by atoms with Crippen LogP contribution in [0.15, 0.2) is 58.1 Å². The van der Waals surface area contributed by atoms with Crippen molar-refractivity contribution in [3.63, 3.8) is 0 Å². The molecule has 2 aromatic heterocycles. The Kier molecular flexibility index (Phi) is 5.67. The first-order valence-corrected chi connectivity index (χ1v) is 10.3. The van der Waals surface area contributed by atoms with Crippen molar-refractivity contribution in [3.05, 3.63) is 96.4 Å². The minimum atomic E-state index is -0.486. The van der Waals surface area contributed by atoms with E-state index in [4.69, 9.17) is 4.74 Å². The zero-order chi connectivity index (χ0) is 21.1. The highest BCUT2D eigenvalue weighted by Gasteiger charge is 2.12. The highest BCUT2D eigenvalue weighted by atomic mass is 32.1. The lowest BCUT2D eigenvalue weighted by molar-refractivity contribution is 0.317. The van der Waals surface area contributed by atoms with E-state index in [0.717, 1.165) is 33.6 Å². The van der Waals surface area contributed by atoms with Crippen LogP contribution in [0.2, 0.25) is 0 Å². The van der Waals surface area contributed by atoms with E-state index in [-0.39, 0.29) is 27.2 Å². The van der Waals surface area contributed by atoms with Gasteiger partial charge in [0.05, 0.1) is 11.1 Å². The van der Waals surface area contributed by atoms with Crippen molar-refractivity contribution in [2.75, 3.05) is 6.61 Å². The van der Waals surface area contributed by atoms with Gasteiger partial charge in [0.15, 0.2) is 0 Å². The normalized spacial score (nSPS) is 11.9. The number of fused-ring (bicyclic) bond motifs is 1. The molecule has 0 saturated carbocycles. The highest BCUT2D eigenvalue weighted by Crippen LogP contribution is 2.14. The van der Waals surface area contributed by atoms with Crippen molar-refractivity contribution >= 4 is 22.4 Å². The molecule has 0 N–H and O–H groups in total. The molecule has 4 rings (SSSR count). The molecule has 0 atom stereocenters. The van der Waals surface area contributed by atoms with Gasteiger partial charge in [-0.05, 0) is 36.3 Å². The molecule has 0 aliphatic heterocycles. The second kappa shape index (κ2) is 8.54. The minimum Gasteiger partial charge on any atom is -0.494 e. The number of hydrogen-bond acceptors (Lipinski definition) is 6. The molecule has 6 nitrogen and oxygen atoms in total. The van der Waals surface area contributed by atoms with E-state index < -0.39 is 16.9 Å². The second-order valence-corrected chi connectivity index (χ2v) is 7.67. The molecule has 0 unspecified atom stereocenters. The maximum absolute atomic E-state index is 13.9. The molecule has 0 radical (unpaired) electrons. The zero-order valence-electron chi connectivity index (χ0n) is 16.2. The summed E-state index contributed by atoms with van der Waals surface area (Å²) >= 11 is 1.00. The van der Waals surface area contributed by atoms with Gasteiger partial charge in [0.1, 0.15) is 17.3 Å². The summed E-state index contributed by atoms with van der Waals surface area (Å²) < 4.78 is 20.8. The van der Waals surface area contributed by atoms with E-state index in [9.17, 15) is 14.0 Å². The Morgan fingerprint density at radius 2 is 1.90 bits per heavy atom. The molecule has 0 saturated heterocycles. The van der Waals surface area contributed by atoms with Crippen molar-refractivity contribution < 1.29 is 9.13 Å². The average Bonchev–Trinajstić information content (AvgIpc) is 3.04. The van der Waals surface area contributed by atoms with E-state index in [1.807, 2.05) is 31.2 Å². The molecule has 2 aromatic carbocycles. The Bertz CT molecular complexity index is 1360. The van der Waals surface area contributed by atoms with Gasteiger partial charge in [-0.3, -0.25) is 9.59 Å². The van der Waals surface area contributed by atoms with E-state index in [1.54, 1.807) is 18.2 Å². The summed E-state index contributed by atoms with van der Waals surface area (Å²) in [5, 5.41) is 4.22. The molecule has 0 spiro atoms. The molecule has 0 aliphatic carbocycles. The third-order valence-electron chi connectivity index (χ3n) is 4.41. The topological polar surface area (TPSA) is 73.6 Å². The van der Waals surface area contributed by atoms with E-state index >= 15 is 0 Å². The van der Waals surface area contributed by atoms with Crippen LogP contribution in [0.25, 0.3) is 11.0 Å². The molecule has 2 heterocycles. The fourth-order valence-electron chi connectivity index (χ4n) is 2.90. The SMILES string of the molecule is CCCOc1ccc(Cc2nn3c(=O)c(=Cc4ccccc4F)sc3nc2=O)cc1. The molecular weight excluding hydrogens is 405 g/mol. The maximum atomic E-state index is 13.9. The fraction of sp³-hybridized carbons (Fsp3) is 0.182. The van der Waals surface area contributed by atoms with Crippen LogP contribution in [0.4, 0.5) is 4.39 Å². The molecule has 0 bridgehead atoms. The van der Waals surface area contributed by atoms with Gasteiger partial charge in [-0.2, -0.15) is 14.6 Å². The van der Waals surface area contributed by atoms with Crippen LogP contribution in [0, 0.1) is 5.82 Å². The van der Waals surface area contributed by atoms with E-state index in [0.29, 0.717) is 6.61 Å². The monoisotopic (exact) mass is 423 g/mol. The predicted octanol–water partition coefficient (Wildman–Crippen LogP) is 2.58. The molecule has 0 fully saturated rings. The maximum Gasteiger partial charge on any atom is 0.296 e. The van der Waals surface area contributed by atoms with Crippen LogP contribution >= 0.6 is 11.3 Å². The minimum absolute atomic E-state index is 0.169. The van der Waals surface area contributed by atoms with Crippen LogP contribution in [0.5, 0.6) is 5.75 Å². The number of benzene rings is 2. The van der Waals surface area contributed by atoms with Gasteiger partial charge in [-0.1, -0.05) is 48.6 Å². The van der Waals surface area contributed by atoms with Gasteiger partial charge < -0.3 is 4.74 Å². The van der Waals surface area contributed by atoms with Gasteiger partial charge in [0, 0.05) is 12.0 Å². The van der Waals surface area contributed by atoms with Gasteiger partial charge in [0.25, 0.3) is 11.1 Å². The summed E-state index contributed by atoms with van der Waals surface area (Å²) in [6.45, 7) is 2.67. The number of aromatic nitrogens is 3. The molecule has 30 heavy (non-hydrogen) atoms. The number of hydrogen-bond donors (Lipinski definition) is 0. The summed E-state index contributed by atoms with van der Waals surface area (Å²) in [5.74, 6) is 0.323. The summed E-state index contributed by atoms with van der Waals surface area (Å²) in [4.78, 5) is 29.3. The number of ether oxygens (including phenoxy) is 1. The molecule has 0 aliphatic rings. The average molecular weight is 423 g/mol. The molecule has 0 amide bonds. The van der Waals surface area contributed by atoms with Crippen molar-refractivity contribution in [3.8, 4) is 5.75 Å². The van der Waals surface area contributed by atoms with E-state index in [2.05, 4.69) is 10.1 Å². The number of halogens is 1. The third kappa shape index (κ3) is 4.13. The summed E-state index contributed by atoms with van der Waals surface area (Å²) in [6.07, 6.45) is 2.60. The summed E-state index contributed by atoms with van der Waals surface area (Å²) in [7, 11) is 0. The van der Waals surface area contributed by atoms with E-state index in [1.165, 1.54) is 12.1 Å². The molecule has 4 aromatic rings. The largest absolute Gasteiger partial charge is 0.494 e. The Morgan fingerprint density at radius 3 is 2.63 bits per heavy atom. The second-order valence-electron chi connectivity index (χ2n) is 6.66. The first-order chi connectivity index (χ1) is 14.5. The smallest absolute Gasteiger partial charge is 0.296 e. The van der Waals surface area contributed by atoms with Gasteiger partial charge in [-0.25, -0.2) is 4.39 Å². The predicted molar refractivity (Wildman–Crippen MR) is 114 cm³/mol. The Balaban J connectivity index is 1.68. The van der Waals surface area contributed by atoms with Gasteiger partial charge >= 0.3 is 0 Å². The standard InChI is InChI=1S/C22H18FN3O3S/c1-2-11-29-16-9-7-14(8-10-16)12-18-20(27)24-22-26(25-18)21(28)19(30-22)13-15-5-3-4-6-17(15)23/h3-10,13H,2,11-12H2,1H3. The number of nitrogens with zero attached hydrogens (tertiary/aromatic N) is 3. The lowest BCUT2D eigenvalue weighted by Gasteiger charge is -2.05. The van der Waals surface area contributed by atoms with Crippen LogP contribution in [-0.2, 0) is 6.42 Å². The van der Waals surface area contributed by atoms with Crippen LogP contribution in [0.1, 0.15) is 30.2 Å². The fourth-order valence-corrected chi connectivity index (χ4v) is 3.80. The summed E-state index contributed by atoms with van der Waals surface area (Å²) in [6, 6.07) is 13.5. The number of thiazole rings is 1.